The summed E-state index contributed by atoms with van der Waals surface area (Å²) < 4.78 is 31.7. The van der Waals surface area contributed by atoms with Crippen molar-refractivity contribution in [3.63, 3.8) is 0 Å². The molecule has 1 aliphatic heterocycles. The Bertz CT molecular complexity index is 290. The highest BCUT2D eigenvalue weighted by Crippen LogP contribution is 2.15. The zero-order valence-electron chi connectivity index (χ0n) is 9.41. The Morgan fingerprint density at radius 1 is 1.28 bits per heavy atom. The third-order valence-corrected chi connectivity index (χ3v) is 2.36. The standard InChI is InChI=1S/C7H14N2O2.C2HF3O2/c8-7(11)6(10)5-1-3-9-4-2-5;3-2(4,5)1(6)7/h5-6,9-10H,1-4H2,(H2,8,11);(H,6,7). The number of amides is 1. The van der Waals surface area contributed by atoms with Gasteiger partial charge in [0.15, 0.2) is 0 Å². The molecule has 0 bridgehead atoms. The van der Waals surface area contributed by atoms with E-state index in [4.69, 9.17) is 15.6 Å². The zero-order chi connectivity index (χ0) is 14.3. The molecule has 0 saturated carbocycles. The Labute approximate surface area is 101 Å². The first kappa shape index (κ1) is 16.6. The molecule has 0 spiro atoms. The lowest BCUT2D eigenvalue weighted by Gasteiger charge is -2.24. The Morgan fingerprint density at radius 2 is 1.67 bits per heavy atom. The van der Waals surface area contributed by atoms with Gasteiger partial charge in [0.25, 0.3) is 0 Å². The number of carboxylic acid groups (broad SMARTS) is 1. The molecule has 1 unspecified atom stereocenters. The fourth-order valence-electron chi connectivity index (χ4n) is 1.39. The van der Waals surface area contributed by atoms with E-state index in [1.165, 1.54) is 0 Å². The molecule has 0 aromatic heterocycles. The highest BCUT2D eigenvalue weighted by atomic mass is 19.4. The summed E-state index contributed by atoms with van der Waals surface area (Å²) in [7, 11) is 0. The van der Waals surface area contributed by atoms with Gasteiger partial charge in [-0.3, -0.25) is 4.79 Å². The number of hydrogen-bond acceptors (Lipinski definition) is 4. The summed E-state index contributed by atoms with van der Waals surface area (Å²) in [5.74, 6) is -3.29. The molecule has 0 aromatic rings. The van der Waals surface area contributed by atoms with Gasteiger partial charge in [-0.25, -0.2) is 4.79 Å². The number of carbonyl (C=O) groups excluding carboxylic acids is 1. The molecule has 9 heteroatoms. The third-order valence-electron chi connectivity index (χ3n) is 2.36. The molecule has 1 saturated heterocycles. The Kier molecular flexibility index (Phi) is 6.63. The van der Waals surface area contributed by atoms with Crippen molar-refractivity contribution in [2.75, 3.05) is 13.1 Å². The Balaban J connectivity index is 0.000000360. The molecule has 1 fully saturated rings. The summed E-state index contributed by atoms with van der Waals surface area (Å²) in [6.45, 7) is 1.74. The average molecular weight is 272 g/mol. The monoisotopic (exact) mass is 272 g/mol. The number of nitrogens with two attached hydrogens (primary N) is 1. The molecular weight excluding hydrogens is 257 g/mol. The van der Waals surface area contributed by atoms with Crippen LogP contribution in [0.3, 0.4) is 0 Å². The van der Waals surface area contributed by atoms with Gasteiger partial charge in [-0.05, 0) is 31.8 Å². The van der Waals surface area contributed by atoms with Crippen LogP contribution in [0.2, 0.25) is 0 Å². The average Bonchev–Trinajstić information content (AvgIpc) is 2.28. The molecule has 0 aliphatic carbocycles. The predicted octanol–water partition coefficient (Wildman–Crippen LogP) is -0.535. The lowest BCUT2D eigenvalue weighted by atomic mass is 9.92. The normalized spacial score (nSPS) is 18.4. The first-order valence-corrected chi connectivity index (χ1v) is 5.14. The van der Waals surface area contributed by atoms with Crippen molar-refractivity contribution in [2.24, 2.45) is 11.7 Å². The zero-order valence-corrected chi connectivity index (χ0v) is 9.41. The Hall–Kier alpha value is -1.35. The summed E-state index contributed by atoms with van der Waals surface area (Å²) in [6, 6.07) is 0. The summed E-state index contributed by atoms with van der Waals surface area (Å²) in [4.78, 5) is 19.4. The number of primary amides is 1. The molecule has 0 radical (unpaired) electrons. The highest BCUT2D eigenvalue weighted by Gasteiger charge is 2.38. The van der Waals surface area contributed by atoms with Crippen LogP contribution in [0.4, 0.5) is 13.2 Å². The van der Waals surface area contributed by atoms with Gasteiger partial charge in [-0.2, -0.15) is 13.2 Å². The minimum Gasteiger partial charge on any atom is -0.475 e. The number of aliphatic carboxylic acids is 1. The van der Waals surface area contributed by atoms with Crippen molar-refractivity contribution < 1.29 is 33.0 Å². The van der Waals surface area contributed by atoms with Gasteiger partial charge in [-0.15, -0.1) is 0 Å². The van der Waals surface area contributed by atoms with E-state index in [9.17, 15) is 23.1 Å². The minimum atomic E-state index is -5.08. The molecular formula is C9H15F3N2O4. The maximum Gasteiger partial charge on any atom is 0.490 e. The molecule has 1 aliphatic rings. The topological polar surface area (TPSA) is 113 Å². The number of carbonyl (C=O) groups is 2. The number of aliphatic hydroxyl groups is 1. The summed E-state index contributed by atoms with van der Waals surface area (Å²) in [6.07, 6.45) is -4.36. The predicted molar refractivity (Wildman–Crippen MR) is 54.5 cm³/mol. The van der Waals surface area contributed by atoms with Crippen LogP contribution in [0.1, 0.15) is 12.8 Å². The molecule has 1 rings (SSSR count). The maximum atomic E-state index is 10.6. The number of hydrogen-bond donors (Lipinski definition) is 4. The van der Waals surface area contributed by atoms with Crippen LogP contribution >= 0.6 is 0 Å². The summed E-state index contributed by atoms with van der Waals surface area (Å²) in [5, 5.41) is 19.5. The van der Waals surface area contributed by atoms with Crippen molar-refractivity contribution in [3.05, 3.63) is 0 Å². The highest BCUT2D eigenvalue weighted by molar-refractivity contribution is 5.78. The van der Waals surface area contributed by atoms with Gasteiger partial charge >= 0.3 is 12.1 Å². The molecule has 0 aromatic carbocycles. The van der Waals surface area contributed by atoms with Crippen LogP contribution < -0.4 is 11.1 Å². The number of aliphatic hydroxyl groups excluding tert-OH is 1. The number of carboxylic acids is 1. The third kappa shape index (κ3) is 6.40. The van der Waals surface area contributed by atoms with Gasteiger partial charge < -0.3 is 21.3 Å². The first-order valence-electron chi connectivity index (χ1n) is 5.14. The molecule has 6 nitrogen and oxygen atoms in total. The second-order valence-electron chi connectivity index (χ2n) is 3.74. The van der Waals surface area contributed by atoms with Crippen molar-refractivity contribution in [3.8, 4) is 0 Å². The largest absolute Gasteiger partial charge is 0.490 e. The van der Waals surface area contributed by atoms with Crippen molar-refractivity contribution >= 4 is 11.9 Å². The van der Waals surface area contributed by atoms with E-state index >= 15 is 0 Å². The van der Waals surface area contributed by atoms with Gasteiger partial charge in [0.1, 0.15) is 6.10 Å². The summed E-state index contributed by atoms with van der Waals surface area (Å²) >= 11 is 0. The van der Waals surface area contributed by atoms with Gasteiger partial charge in [0.05, 0.1) is 0 Å². The van der Waals surface area contributed by atoms with Crippen LogP contribution in [0.15, 0.2) is 0 Å². The summed E-state index contributed by atoms with van der Waals surface area (Å²) in [5.41, 5.74) is 4.96. The smallest absolute Gasteiger partial charge is 0.475 e. The minimum absolute atomic E-state index is 0.0637. The molecule has 106 valence electrons. The Morgan fingerprint density at radius 3 is 1.94 bits per heavy atom. The van der Waals surface area contributed by atoms with Crippen LogP contribution in [-0.4, -0.2) is 47.5 Å². The van der Waals surface area contributed by atoms with Gasteiger partial charge in [-0.1, -0.05) is 0 Å². The van der Waals surface area contributed by atoms with Crippen LogP contribution in [0, 0.1) is 5.92 Å². The molecule has 1 amide bonds. The van der Waals surface area contributed by atoms with E-state index in [0.29, 0.717) is 0 Å². The van der Waals surface area contributed by atoms with Crippen LogP contribution in [0.25, 0.3) is 0 Å². The van der Waals surface area contributed by atoms with Gasteiger partial charge in [0.2, 0.25) is 5.91 Å². The second-order valence-corrected chi connectivity index (χ2v) is 3.74. The van der Waals surface area contributed by atoms with Crippen LogP contribution in [-0.2, 0) is 9.59 Å². The van der Waals surface area contributed by atoms with Crippen molar-refractivity contribution in [1.29, 1.82) is 0 Å². The van der Waals surface area contributed by atoms with Crippen molar-refractivity contribution in [2.45, 2.75) is 25.1 Å². The number of piperidine rings is 1. The fourth-order valence-corrected chi connectivity index (χ4v) is 1.39. The number of halogens is 3. The first-order chi connectivity index (χ1) is 8.16. The van der Waals surface area contributed by atoms with Crippen molar-refractivity contribution in [1.82, 2.24) is 5.32 Å². The maximum absolute atomic E-state index is 10.6. The fraction of sp³-hybridized carbons (Fsp3) is 0.778. The van der Waals surface area contributed by atoms with Crippen LogP contribution in [0.5, 0.6) is 0 Å². The molecule has 1 heterocycles. The lowest BCUT2D eigenvalue weighted by molar-refractivity contribution is -0.192. The molecule has 1 atom stereocenters. The molecule has 18 heavy (non-hydrogen) atoms. The van der Waals surface area contributed by atoms with E-state index in [1.807, 2.05) is 0 Å². The van der Waals surface area contributed by atoms with E-state index in [2.05, 4.69) is 5.32 Å². The number of rotatable bonds is 2. The van der Waals surface area contributed by atoms with E-state index in [-0.39, 0.29) is 5.92 Å². The second kappa shape index (κ2) is 7.17. The van der Waals surface area contributed by atoms with Gasteiger partial charge in [0, 0.05) is 0 Å². The van der Waals surface area contributed by atoms with E-state index in [1.54, 1.807) is 0 Å². The molecule has 5 N–H and O–H groups in total. The SMILES string of the molecule is NC(=O)C(O)C1CCNCC1.O=C(O)C(F)(F)F. The van der Waals surface area contributed by atoms with E-state index < -0.39 is 24.2 Å². The lowest BCUT2D eigenvalue weighted by Crippen LogP contribution is -2.40. The number of alkyl halides is 3. The van der Waals surface area contributed by atoms with E-state index in [0.717, 1.165) is 25.9 Å². The number of nitrogens with one attached hydrogen (secondary N) is 1. The quantitative estimate of drug-likeness (QED) is 0.539.